The normalized spacial score (nSPS) is 10.7. The van der Waals surface area contributed by atoms with Crippen LogP contribution in [-0.2, 0) is 0 Å². The summed E-state index contributed by atoms with van der Waals surface area (Å²) in [5.41, 5.74) is 3.76. The van der Waals surface area contributed by atoms with Crippen LogP contribution in [0, 0.1) is 6.92 Å². The molecule has 0 atom stereocenters. The Morgan fingerprint density at radius 2 is 2.13 bits per heavy atom. The molecule has 0 spiro atoms. The number of aromatic nitrogens is 3. The first-order valence-corrected chi connectivity index (χ1v) is 4.58. The molecule has 0 radical (unpaired) electrons. The van der Waals surface area contributed by atoms with Crippen LogP contribution in [0.15, 0.2) is 35.4 Å². The van der Waals surface area contributed by atoms with Gasteiger partial charge in [-0.3, -0.25) is 5.10 Å². The molecule has 0 fully saturated rings. The second-order valence-corrected chi connectivity index (χ2v) is 3.03. The predicted octanol–water partition coefficient (Wildman–Crippen LogP) is 1.56. The summed E-state index contributed by atoms with van der Waals surface area (Å²) in [6.45, 7) is 1.83. The van der Waals surface area contributed by atoms with E-state index < -0.39 is 0 Å². The van der Waals surface area contributed by atoms with Crippen molar-refractivity contribution >= 4 is 12.2 Å². The van der Waals surface area contributed by atoms with E-state index in [0.29, 0.717) is 5.95 Å². The lowest BCUT2D eigenvalue weighted by Gasteiger charge is -1.92. The minimum atomic E-state index is 0.472. The summed E-state index contributed by atoms with van der Waals surface area (Å²) in [5.74, 6) is 1.23. The zero-order valence-corrected chi connectivity index (χ0v) is 8.31. The summed E-state index contributed by atoms with van der Waals surface area (Å²) in [7, 11) is 0. The summed E-state index contributed by atoms with van der Waals surface area (Å²) < 4.78 is 0. The van der Waals surface area contributed by atoms with Gasteiger partial charge in [0.2, 0.25) is 0 Å². The largest absolute Gasteiger partial charge is 0.262 e. The van der Waals surface area contributed by atoms with Gasteiger partial charge in [0.1, 0.15) is 5.82 Å². The van der Waals surface area contributed by atoms with Crippen molar-refractivity contribution < 1.29 is 0 Å². The van der Waals surface area contributed by atoms with Gasteiger partial charge in [-0.05, 0) is 12.5 Å². The fourth-order valence-electron chi connectivity index (χ4n) is 1.10. The maximum atomic E-state index is 4.05. The molecule has 0 aliphatic heterocycles. The molecule has 2 N–H and O–H groups in total. The first-order valence-electron chi connectivity index (χ1n) is 4.58. The molecule has 0 saturated carbocycles. The molecule has 1 aromatic heterocycles. The fraction of sp³-hybridized carbons (Fsp3) is 0.100. The van der Waals surface area contributed by atoms with Crippen molar-refractivity contribution in [1.29, 1.82) is 0 Å². The summed E-state index contributed by atoms with van der Waals surface area (Å²) in [5, 5.41) is 10.6. The number of rotatable bonds is 3. The standard InChI is InChI=1S/C10H11N5/c1-8-12-10(15-13-8)14-11-7-9-5-3-2-4-6-9/h2-7H,1H3,(H2,12,13,14,15)/b11-7+. The Kier molecular flexibility index (Phi) is 2.73. The molecule has 1 aromatic carbocycles. The Balaban J connectivity index is 1.96. The molecule has 2 aromatic rings. The Morgan fingerprint density at radius 3 is 2.80 bits per heavy atom. The molecule has 1 heterocycles. The number of aryl methyl sites for hydroxylation is 1. The lowest BCUT2D eigenvalue weighted by atomic mass is 10.2. The van der Waals surface area contributed by atoms with E-state index in [1.807, 2.05) is 37.3 Å². The predicted molar refractivity (Wildman–Crippen MR) is 58.8 cm³/mol. The topological polar surface area (TPSA) is 66.0 Å². The Morgan fingerprint density at radius 1 is 1.33 bits per heavy atom. The highest BCUT2D eigenvalue weighted by atomic mass is 15.4. The highest BCUT2D eigenvalue weighted by Gasteiger charge is 1.94. The summed E-state index contributed by atoms with van der Waals surface area (Å²) in [6.07, 6.45) is 1.71. The molecular formula is C10H11N5. The van der Waals surface area contributed by atoms with Crippen LogP contribution >= 0.6 is 0 Å². The molecule has 0 unspecified atom stereocenters. The van der Waals surface area contributed by atoms with Gasteiger partial charge < -0.3 is 0 Å². The number of aromatic amines is 1. The zero-order chi connectivity index (χ0) is 10.5. The van der Waals surface area contributed by atoms with E-state index in [9.17, 15) is 0 Å². The molecule has 0 amide bonds. The van der Waals surface area contributed by atoms with Crippen LogP contribution in [0.2, 0.25) is 0 Å². The third-order valence-electron chi connectivity index (χ3n) is 1.77. The molecule has 0 bridgehead atoms. The maximum Gasteiger partial charge on any atom is 0.262 e. The minimum absolute atomic E-state index is 0.472. The van der Waals surface area contributed by atoms with Crippen molar-refractivity contribution in [3.8, 4) is 0 Å². The van der Waals surface area contributed by atoms with Crippen molar-refractivity contribution in [1.82, 2.24) is 15.2 Å². The van der Waals surface area contributed by atoms with Gasteiger partial charge in [-0.15, -0.1) is 5.10 Å². The third-order valence-corrected chi connectivity index (χ3v) is 1.77. The number of benzene rings is 1. The van der Waals surface area contributed by atoms with Crippen molar-refractivity contribution in [3.05, 3.63) is 41.7 Å². The van der Waals surface area contributed by atoms with E-state index >= 15 is 0 Å². The van der Waals surface area contributed by atoms with E-state index in [2.05, 4.69) is 25.7 Å². The van der Waals surface area contributed by atoms with Gasteiger partial charge in [0.05, 0.1) is 6.21 Å². The second-order valence-electron chi connectivity index (χ2n) is 3.03. The van der Waals surface area contributed by atoms with Crippen molar-refractivity contribution in [3.63, 3.8) is 0 Å². The van der Waals surface area contributed by atoms with Crippen molar-refractivity contribution in [2.24, 2.45) is 5.10 Å². The van der Waals surface area contributed by atoms with Gasteiger partial charge in [-0.2, -0.15) is 10.1 Å². The van der Waals surface area contributed by atoms with Gasteiger partial charge in [-0.1, -0.05) is 30.3 Å². The van der Waals surface area contributed by atoms with E-state index in [1.165, 1.54) is 0 Å². The molecule has 76 valence electrons. The monoisotopic (exact) mass is 201 g/mol. The number of hydrazone groups is 1. The molecular weight excluding hydrogens is 190 g/mol. The highest BCUT2D eigenvalue weighted by Crippen LogP contribution is 1.97. The molecule has 0 aliphatic rings. The average Bonchev–Trinajstić information content (AvgIpc) is 2.66. The minimum Gasteiger partial charge on any atom is -0.261 e. The number of H-pyrrole nitrogens is 1. The molecule has 0 saturated heterocycles. The SMILES string of the molecule is Cc1nc(N/N=C/c2ccccc2)n[nH]1. The summed E-state index contributed by atoms with van der Waals surface area (Å²) in [6, 6.07) is 9.81. The molecule has 5 nitrogen and oxygen atoms in total. The maximum absolute atomic E-state index is 4.05. The van der Waals surface area contributed by atoms with Crippen LogP contribution in [0.25, 0.3) is 0 Å². The number of hydrogen-bond acceptors (Lipinski definition) is 4. The van der Waals surface area contributed by atoms with Gasteiger partial charge in [-0.25, -0.2) is 5.43 Å². The van der Waals surface area contributed by atoms with Gasteiger partial charge >= 0.3 is 0 Å². The number of nitrogens with zero attached hydrogens (tertiary/aromatic N) is 3. The first-order chi connectivity index (χ1) is 7.34. The Bertz CT molecular complexity index is 446. The number of hydrogen-bond donors (Lipinski definition) is 2. The van der Waals surface area contributed by atoms with Crippen LogP contribution in [0.4, 0.5) is 5.95 Å². The van der Waals surface area contributed by atoms with Crippen LogP contribution < -0.4 is 5.43 Å². The third kappa shape index (κ3) is 2.63. The molecule has 5 heteroatoms. The van der Waals surface area contributed by atoms with Gasteiger partial charge in [0.15, 0.2) is 0 Å². The quantitative estimate of drug-likeness (QED) is 0.585. The summed E-state index contributed by atoms with van der Waals surface area (Å²) in [4.78, 5) is 4.05. The van der Waals surface area contributed by atoms with Crippen molar-refractivity contribution in [2.75, 3.05) is 5.43 Å². The number of nitrogens with one attached hydrogen (secondary N) is 2. The van der Waals surface area contributed by atoms with Gasteiger partial charge in [0, 0.05) is 0 Å². The lowest BCUT2D eigenvalue weighted by molar-refractivity contribution is 1.03. The Labute approximate surface area is 87.3 Å². The van der Waals surface area contributed by atoms with Crippen LogP contribution in [0.5, 0.6) is 0 Å². The zero-order valence-electron chi connectivity index (χ0n) is 8.31. The number of anilines is 1. The fourth-order valence-corrected chi connectivity index (χ4v) is 1.10. The van der Waals surface area contributed by atoms with Crippen LogP contribution in [0.1, 0.15) is 11.4 Å². The smallest absolute Gasteiger partial charge is 0.261 e. The Hall–Kier alpha value is -2.17. The van der Waals surface area contributed by atoms with Gasteiger partial charge in [0.25, 0.3) is 5.95 Å². The van der Waals surface area contributed by atoms with Crippen molar-refractivity contribution in [2.45, 2.75) is 6.92 Å². The van der Waals surface area contributed by atoms with E-state index in [1.54, 1.807) is 6.21 Å². The van der Waals surface area contributed by atoms with Crippen LogP contribution in [-0.4, -0.2) is 21.4 Å². The van der Waals surface area contributed by atoms with Crippen LogP contribution in [0.3, 0.4) is 0 Å². The summed E-state index contributed by atoms with van der Waals surface area (Å²) >= 11 is 0. The second kappa shape index (κ2) is 4.36. The lowest BCUT2D eigenvalue weighted by Crippen LogP contribution is -1.92. The highest BCUT2D eigenvalue weighted by molar-refractivity contribution is 5.79. The molecule has 0 aliphatic carbocycles. The average molecular weight is 201 g/mol. The first kappa shape index (κ1) is 9.39. The van der Waals surface area contributed by atoms with E-state index in [0.717, 1.165) is 11.4 Å². The molecule has 15 heavy (non-hydrogen) atoms. The molecule has 2 rings (SSSR count). The van der Waals surface area contributed by atoms with E-state index in [-0.39, 0.29) is 0 Å². The van der Waals surface area contributed by atoms with E-state index in [4.69, 9.17) is 0 Å².